The quantitative estimate of drug-likeness (QED) is 0.678. The van der Waals surface area contributed by atoms with Crippen molar-refractivity contribution in [3.63, 3.8) is 0 Å². The summed E-state index contributed by atoms with van der Waals surface area (Å²) in [6.07, 6.45) is 1.50. The van der Waals surface area contributed by atoms with Gasteiger partial charge in [0.15, 0.2) is 0 Å². The second kappa shape index (κ2) is 10.8. The molecule has 0 amide bonds. The molecule has 126 valence electrons. The molecule has 2 aromatic carbocycles. The van der Waals surface area contributed by atoms with Crippen molar-refractivity contribution in [1.29, 1.82) is 0 Å². The third kappa shape index (κ3) is 6.85. The molecule has 0 radical (unpaired) electrons. The third-order valence-electron chi connectivity index (χ3n) is 3.74. The normalized spacial score (nSPS) is 12.9. The molecule has 0 aliphatic carbocycles. The standard InChI is InChI=1S/C18H24N2O.C2H6/c1-2-17(12-14-8-10-16(19)11-9-14)20-13-18(21)15-6-4-3-5-7-15;1-2/h3-11,17-18,20-21H,2,12-13,19H2,1H3;1-2H3/t17-,18+;/m1./s1. The predicted molar refractivity (Wildman–Crippen MR) is 99.4 cm³/mol. The average Bonchev–Trinajstić information content (AvgIpc) is 2.62. The van der Waals surface area contributed by atoms with Gasteiger partial charge in [-0.1, -0.05) is 63.2 Å². The van der Waals surface area contributed by atoms with Gasteiger partial charge in [-0.25, -0.2) is 0 Å². The van der Waals surface area contributed by atoms with Crippen molar-refractivity contribution < 1.29 is 5.11 Å². The van der Waals surface area contributed by atoms with Gasteiger partial charge in [0.05, 0.1) is 6.10 Å². The first-order chi connectivity index (χ1) is 11.2. The Kier molecular flexibility index (Phi) is 9.03. The van der Waals surface area contributed by atoms with Crippen LogP contribution < -0.4 is 11.1 Å². The van der Waals surface area contributed by atoms with Gasteiger partial charge in [-0.3, -0.25) is 0 Å². The molecule has 2 aromatic rings. The van der Waals surface area contributed by atoms with Gasteiger partial charge in [-0.05, 0) is 36.1 Å². The molecule has 0 saturated heterocycles. The van der Waals surface area contributed by atoms with Gasteiger partial charge in [-0.15, -0.1) is 0 Å². The van der Waals surface area contributed by atoms with Crippen molar-refractivity contribution in [2.45, 2.75) is 45.8 Å². The lowest BCUT2D eigenvalue weighted by atomic mass is 10.0. The highest BCUT2D eigenvalue weighted by atomic mass is 16.3. The number of nitrogens with two attached hydrogens (primary N) is 1. The molecule has 0 saturated carbocycles. The average molecular weight is 314 g/mol. The van der Waals surface area contributed by atoms with Crippen LogP contribution in [0.3, 0.4) is 0 Å². The number of benzene rings is 2. The first kappa shape index (κ1) is 19.2. The Morgan fingerprint density at radius 2 is 1.61 bits per heavy atom. The molecule has 0 unspecified atom stereocenters. The van der Waals surface area contributed by atoms with Crippen LogP contribution in [0.5, 0.6) is 0 Å². The second-order valence-corrected chi connectivity index (χ2v) is 5.39. The maximum absolute atomic E-state index is 10.2. The van der Waals surface area contributed by atoms with E-state index in [9.17, 15) is 5.11 Å². The van der Waals surface area contributed by atoms with Gasteiger partial charge in [0, 0.05) is 18.3 Å². The van der Waals surface area contributed by atoms with Crippen molar-refractivity contribution in [2.24, 2.45) is 0 Å². The molecular weight excluding hydrogens is 284 g/mol. The van der Waals surface area contributed by atoms with Gasteiger partial charge >= 0.3 is 0 Å². The van der Waals surface area contributed by atoms with Gasteiger partial charge in [0.25, 0.3) is 0 Å². The summed E-state index contributed by atoms with van der Waals surface area (Å²) in [4.78, 5) is 0. The molecule has 2 rings (SSSR count). The molecule has 0 spiro atoms. The van der Waals surface area contributed by atoms with Crippen molar-refractivity contribution in [2.75, 3.05) is 12.3 Å². The van der Waals surface area contributed by atoms with Crippen LogP contribution in [0.15, 0.2) is 54.6 Å². The molecule has 23 heavy (non-hydrogen) atoms. The SMILES string of the molecule is CC.CC[C@H](Cc1ccc(N)cc1)NC[C@H](O)c1ccccc1. The second-order valence-electron chi connectivity index (χ2n) is 5.39. The fourth-order valence-corrected chi connectivity index (χ4v) is 2.37. The summed E-state index contributed by atoms with van der Waals surface area (Å²) in [6.45, 7) is 6.72. The van der Waals surface area contributed by atoms with E-state index in [4.69, 9.17) is 5.73 Å². The van der Waals surface area contributed by atoms with Crippen molar-refractivity contribution >= 4 is 5.69 Å². The Hall–Kier alpha value is -1.84. The van der Waals surface area contributed by atoms with E-state index in [1.165, 1.54) is 5.56 Å². The van der Waals surface area contributed by atoms with E-state index in [2.05, 4.69) is 24.4 Å². The maximum atomic E-state index is 10.2. The Bertz CT molecular complexity index is 525. The molecule has 0 aliphatic heterocycles. The zero-order chi connectivity index (χ0) is 17.1. The minimum atomic E-state index is -0.466. The Morgan fingerprint density at radius 1 is 1.00 bits per heavy atom. The number of hydrogen-bond donors (Lipinski definition) is 3. The summed E-state index contributed by atoms with van der Waals surface area (Å²) < 4.78 is 0. The Labute approximate surface area is 140 Å². The predicted octanol–water partition coefficient (Wildman–Crippen LogP) is 3.94. The number of nitrogens with one attached hydrogen (secondary N) is 1. The number of nitrogen functional groups attached to an aromatic ring is 1. The molecule has 2 atom stereocenters. The van der Waals surface area contributed by atoms with Crippen LogP contribution in [0.25, 0.3) is 0 Å². The zero-order valence-corrected chi connectivity index (χ0v) is 14.5. The lowest BCUT2D eigenvalue weighted by Crippen LogP contribution is -2.34. The highest BCUT2D eigenvalue weighted by Crippen LogP contribution is 2.13. The molecular formula is C20H30N2O. The summed E-state index contributed by atoms with van der Waals surface area (Å²) >= 11 is 0. The van der Waals surface area contributed by atoms with Crippen molar-refractivity contribution in [1.82, 2.24) is 5.32 Å². The van der Waals surface area contributed by atoms with Crippen molar-refractivity contribution in [3.05, 3.63) is 65.7 Å². The van der Waals surface area contributed by atoms with Crippen LogP contribution in [0, 0.1) is 0 Å². The number of rotatable bonds is 7. The van der Waals surface area contributed by atoms with E-state index < -0.39 is 6.10 Å². The lowest BCUT2D eigenvalue weighted by molar-refractivity contribution is 0.169. The number of aliphatic hydroxyl groups is 1. The van der Waals surface area contributed by atoms with Gasteiger partial charge in [0.2, 0.25) is 0 Å². The van der Waals surface area contributed by atoms with E-state index in [1.807, 2.05) is 56.3 Å². The van der Waals surface area contributed by atoms with Crippen LogP contribution in [-0.4, -0.2) is 17.7 Å². The van der Waals surface area contributed by atoms with Crippen LogP contribution in [0.2, 0.25) is 0 Å². The monoisotopic (exact) mass is 314 g/mol. The van der Waals surface area contributed by atoms with E-state index >= 15 is 0 Å². The molecule has 0 bridgehead atoms. The van der Waals surface area contributed by atoms with Crippen LogP contribution in [-0.2, 0) is 6.42 Å². The molecule has 0 fully saturated rings. The first-order valence-electron chi connectivity index (χ1n) is 8.50. The highest BCUT2D eigenvalue weighted by Gasteiger charge is 2.11. The topological polar surface area (TPSA) is 58.3 Å². The van der Waals surface area contributed by atoms with E-state index in [-0.39, 0.29) is 0 Å². The fraction of sp³-hybridized carbons (Fsp3) is 0.400. The number of anilines is 1. The minimum absolute atomic E-state index is 0.354. The molecule has 3 nitrogen and oxygen atoms in total. The lowest BCUT2D eigenvalue weighted by Gasteiger charge is -2.20. The van der Waals surface area contributed by atoms with Crippen LogP contribution in [0.1, 0.15) is 44.4 Å². The van der Waals surface area contributed by atoms with E-state index in [0.29, 0.717) is 12.6 Å². The zero-order valence-electron chi connectivity index (χ0n) is 14.5. The molecule has 3 heteroatoms. The number of aliphatic hydroxyl groups excluding tert-OH is 1. The fourth-order valence-electron chi connectivity index (χ4n) is 2.37. The summed E-state index contributed by atoms with van der Waals surface area (Å²) in [5.74, 6) is 0. The largest absolute Gasteiger partial charge is 0.399 e. The number of hydrogen-bond acceptors (Lipinski definition) is 3. The van der Waals surface area contributed by atoms with Crippen molar-refractivity contribution in [3.8, 4) is 0 Å². The van der Waals surface area contributed by atoms with Crippen LogP contribution >= 0.6 is 0 Å². The third-order valence-corrected chi connectivity index (χ3v) is 3.74. The van der Waals surface area contributed by atoms with Gasteiger partial charge in [-0.2, -0.15) is 0 Å². The summed E-state index contributed by atoms with van der Waals surface area (Å²) in [6, 6.07) is 18.1. The molecule has 0 aromatic heterocycles. The van der Waals surface area contributed by atoms with Gasteiger partial charge < -0.3 is 16.2 Å². The summed E-state index contributed by atoms with van der Waals surface area (Å²) in [5, 5.41) is 13.6. The summed E-state index contributed by atoms with van der Waals surface area (Å²) in [5.41, 5.74) is 8.71. The first-order valence-corrected chi connectivity index (χ1v) is 8.50. The minimum Gasteiger partial charge on any atom is -0.399 e. The van der Waals surface area contributed by atoms with Gasteiger partial charge in [0.1, 0.15) is 0 Å². The maximum Gasteiger partial charge on any atom is 0.0914 e. The smallest absolute Gasteiger partial charge is 0.0914 e. The Morgan fingerprint density at radius 3 is 2.17 bits per heavy atom. The Balaban J connectivity index is 0.00000127. The molecule has 0 heterocycles. The molecule has 0 aliphatic rings. The summed E-state index contributed by atoms with van der Waals surface area (Å²) in [7, 11) is 0. The van der Waals surface area contributed by atoms with Crippen LogP contribution in [0.4, 0.5) is 5.69 Å². The highest BCUT2D eigenvalue weighted by molar-refractivity contribution is 5.39. The van der Waals surface area contributed by atoms with E-state index in [0.717, 1.165) is 24.1 Å². The molecule has 4 N–H and O–H groups in total. The van der Waals surface area contributed by atoms with E-state index in [1.54, 1.807) is 0 Å².